The normalized spacial score (nSPS) is 24.9. The van der Waals surface area contributed by atoms with E-state index in [1.165, 1.54) is 0 Å². The van der Waals surface area contributed by atoms with Gasteiger partial charge in [0.15, 0.2) is 0 Å². The number of piperidine rings is 1. The molecule has 0 aromatic rings. The van der Waals surface area contributed by atoms with Crippen LogP contribution in [0.15, 0.2) is 0 Å². The predicted octanol–water partition coefficient (Wildman–Crippen LogP) is -1.05. The van der Waals surface area contributed by atoms with Crippen LogP contribution in [0.5, 0.6) is 0 Å². The van der Waals surface area contributed by atoms with Crippen LogP contribution in [0.2, 0.25) is 0 Å². The topological polar surface area (TPSA) is 60.1 Å². The Hall–Kier alpha value is -0.200. The van der Waals surface area contributed by atoms with Gasteiger partial charge in [0, 0.05) is 0 Å². The molecule has 5 nitrogen and oxygen atoms in total. The van der Waals surface area contributed by atoms with Gasteiger partial charge >= 0.3 is 0 Å². The Bertz CT molecular complexity index is 156. The molecular weight excluding hydrogens is 178 g/mol. The van der Waals surface area contributed by atoms with Crippen LogP contribution in [-0.2, 0) is 0 Å². The van der Waals surface area contributed by atoms with Crippen LogP contribution < -0.4 is 26.6 Å². The lowest BCUT2D eigenvalue weighted by atomic mass is 9.99. The first-order valence-corrected chi connectivity index (χ1v) is 5.21. The number of hydrogen-bond acceptors (Lipinski definition) is 5. The molecular formula is C9H23N5. The van der Waals surface area contributed by atoms with Gasteiger partial charge in [0.25, 0.3) is 0 Å². The van der Waals surface area contributed by atoms with Crippen molar-refractivity contribution >= 4 is 0 Å². The van der Waals surface area contributed by atoms with Gasteiger partial charge < -0.3 is 0 Å². The molecule has 0 amide bonds. The van der Waals surface area contributed by atoms with Crippen LogP contribution >= 0.6 is 0 Å². The molecule has 5 heteroatoms. The fourth-order valence-corrected chi connectivity index (χ4v) is 2.11. The van der Waals surface area contributed by atoms with Crippen molar-refractivity contribution in [2.45, 2.75) is 30.8 Å². The van der Waals surface area contributed by atoms with Crippen molar-refractivity contribution in [2.24, 2.45) is 0 Å². The summed E-state index contributed by atoms with van der Waals surface area (Å²) in [4.78, 5) is 0. The minimum atomic E-state index is -0.176. The zero-order valence-corrected chi connectivity index (χ0v) is 9.62. The summed E-state index contributed by atoms with van der Waals surface area (Å²) < 4.78 is 0. The lowest BCUT2D eigenvalue weighted by Crippen LogP contribution is -2.79. The predicted molar refractivity (Wildman–Crippen MR) is 58.7 cm³/mol. The van der Waals surface area contributed by atoms with Crippen LogP contribution in [0.1, 0.15) is 19.3 Å². The van der Waals surface area contributed by atoms with E-state index in [1.54, 1.807) is 0 Å². The van der Waals surface area contributed by atoms with Crippen LogP contribution in [0.3, 0.4) is 0 Å². The average molecular weight is 201 g/mol. The minimum absolute atomic E-state index is 0.176. The Morgan fingerprint density at radius 1 is 0.786 bits per heavy atom. The smallest absolute Gasteiger partial charge is 0.125 e. The maximum absolute atomic E-state index is 3.53. The van der Waals surface area contributed by atoms with Gasteiger partial charge in [0.05, 0.1) is 0 Å². The molecule has 0 atom stereocenters. The molecule has 1 rings (SSSR count). The average Bonchev–Trinajstić information content (AvgIpc) is 2.29. The molecule has 1 aliphatic rings. The van der Waals surface area contributed by atoms with Crippen LogP contribution in [0.4, 0.5) is 0 Å². The van der Waals surface area contributed by atoms with E-state index >= 15 is 0 Å². The summed E-state index contributed by atoms with van der Waals surface area (Å²) in [6, 6.07) is 0. The third-order valence-electron chi connectivity index (χ3n) is 3.24. The molecule has 0 aromatic carbocycles. The van der Waals surface area contributed by atoms with Gasteiger partial charge in [-0.15, -0.1) is 0 Å². The van der Waals surface area contributed by atoms with E-state index in [2.05, 4.69) is 26.6 Å². The Kier molecular flexibility index (Phi) is 3.86. The highest BCUT2D eigenvalue weighted by Gasteiger charge is 2.40. The molecule has 0 aromatic heterocycles. The highest BCUT2D eigenvalue weighted by Crippen LogP contribution is 2.21. The monoisotopic (exact) mass is 201 g/mol. The Morgan fingerprint density at radius 2 is 1.14 bits per heavy atom. The maximum atomic E-state index is 3.53. The Balaban J connectivity index is 2.75. The SMILES string of the molecule is CNC1(NC)CCCC(NC)(NC)N1. The molecule has 0 saturated carbocycles. The first kappa shape index (κ1) is 11.9. The Labute approximate surface area is 86.4 Å². The molecule has 14 heavy (non-hydrogen) atoms. The first-order valence-electron chi connectivity index (χ1n) is 5.21. The molecule has 1 fully saturated rings. The number of hydrogen-bond donors (Lipinski definition) is 5. The second-order valence-electron chi connectivity index (χ2n) is 3.79. The van der Waals surface area contributed by atoms with Crippen molar-refractivity contribution in [3.8, 4) is 0 Å². The van der Waals surface area contributed by atoms with Crippen molar-refractivity contribution in [2.75, 3.05) is 28.2 Å². The second kappa shape index (κ2) is 4.55. The van der Waals surface area contributed by atoms with Gasteiger partial charge in [-0.1, -0.05) is 0 Å². The fraction of sp³-hybridized carbons (Fsp3) is 1.00. The summed E-state index contributed by atoms with van der Waals surface area (Å²) in [5.41, 5.74) is 0. The van der Waals surface area contributed by atoms with Gasteiger partial charge in [0.1, 0.15) is 11.6 Å². The van der Waals surface area contributed by atoms with Crippen molar-refractivity contribution in [1.82, 2.24) is 26.6 Å². The molecule has 1 heterocycles. The third-order valence-corrected chi connectivity index (χ3v) is 3.24. The third kappa shape index (κ3) is 2.07. The zero-order chi connectivity index (χ0) is 10.7. The summed E-state index contributed by atoms with van der Waals surface area (Å²) >= 11 is 0. The van der Waals surface area contributed by atoms with Gasteiger partial charge in [-0.05, 0) is 47.5 Å². The van der Waals surface area contributed by atoms with E-state index in [-0.39, 0.29) is 11.6 Å². The quantitative estimate of drug-likeness (QED) is 0.376. The van der Waals surface area contributed by atoms with E-state index in [4.69, 9.17) is 0 Å². The van der Waals surface area contributed by atoms with E-state index < -0.39 is 0 Å². The minimum Gasteiger partial charge on any atom is -0.290 e. The van der Waals surface area contributed by atoms with E-state index in [0.717, 1.165) is 19.3 Å². The summed E-state index contributed by atoms with van der Waals surface area (Å²) in [6.45, 7) is 0. The molecule has 5 N–H and O–H groups in total. The van der Waals surface area contributed by atoms with Crippen molar-refractivity contribution in [3.63, 3.8) is 0 Å². The molecule has 0 aliphatic carbocycles. The van der Waals surface area contributed by atoms with E-state index in [1.807, 2.05) is 28.2 Å². The van der Waals surface area contributed by atoms with Crippen LogP contribution in [0.25, 0.3) is 0 Å². The molecule has 0 bridgehead atoms. The number of rotatable bonds is 4. The van der Waals surface area contributed by atoms with E-state index in [0.29, 0.717) is 0 Å². The Morgan fingerprint density at radius 3 is 1.43 bits per heavy atom. The number of nitrogens with one attached hydrogen (secondary N) is 5. The largest absolute Gasteiger partial charge is 0.290 e. The summed E-state index contributed by atoms with van der Waals surface area (Å²) in [7, 11) is 7.85. The summed E-state index contributed by atoms with van der Waals surface area (Å²) in [5, 5.41) is 16.7. The molecule has 84 valence electrons. The summed E-state index contributed by atoms with van der Waals surface area (Å²) in [5.74, 6) is -0.353. The van der Waals surface area contributed by atoms with Gasteiger partial charge in [0.2, 0.25) is 0 Å². The molecule has 0 unspecified atom stereocenters. The fourth-order valence-electron chi connectivity index (χ4n) is 2.11. The zero-order valence-electron chi connectivity index (χ0n) is 9.62. The van der Waals surface area contributed by atoms with Gasteiger partial charge in [-0.3, -0.25) is 26.6 Å². The van der Waals surface area contributed by atoms with Gasteiger partial charge in [-0.2, -0.15) is 0 Å². The van der Waals surface area contributed by atoms with Gasteiger partial charge in [-0.25, -0.2) is 0 Å². The second-order valence-corrected chi connectivity index (χ2v) is 3.79. The van der Waals surface area contributed by atoms with Crippen LogP contribution in [0, 0.1) is 0 Å². The van der Waals surface area contributed by atoms with E-state index in [9.17, 15) is 0 Å². The molecule has 1 saturated heterocycles. The first-order chi connectivity index (χ1) is 6.66. The lowest BCUT2D eigenvalue weighted by molar-refractivity contribution is 0.0469. The highest BCUT2D eigenvalue weighted by molar-refractivity contribution is 4.95. The standard InChI is InChI=1S/C9H23N5/c1-10-8(11-2)6-5-7-9(12-3,13-4)14-8/h10-14H,5-7H2,1-4H3. The van der Waals surface area contributed by atoms with Crippen LogP contribution in [-0.4, -0.2) is 39.8 Å². The van der Waals surface area contributed by atoms with Crippen molar-refractivity contribution < 1.29 is 0 Å². The molecule has 0 radical (unpaired) electrons. The maximum Gasteiger partial charge on any atom is 0.125 e. The molecule has 1 aliphatic heterocycles. The van der Waals surface area contributed by atoms with Crippen molar-refractivity contribution in [1.29, 1.82) is 0 Å². The van der Waals surface area contributed by atoms with Crippen molar-refractivity contribution in [3.05, 3.63) is 0 Å². The lowest BCUT2D eigenvalue weighted by Gasteiger charge is -2.49. The molecule has 0 spiro atoms. The summed E-state index contributed by atoms with van der Waals surface area (Å²) in [6.07, 6.45) is 3.31. The highest BCUT2D eigenvalue weighted by atomic mass is 15.5.